The number of likely N-dealkylation sites (tertiary alicyclic amines) is 1. The van der Waals surface area contributed by atoms with E-state index in [0.717, 1.165) is 62.7 Å². The Morgan fingerprint density at radius 3 is 2.13 bits per heavy atom. The molecule has 2 heterocycles. The summed E-state index contributed by atoms with van der Waals surface area (Å²) >= 11 is 0. The Kier molecular flexibility index (Phi) is 5.68. The molecule has 2 saturated heterocycles. The van der Waals surface area contributed by atoms with Crippen molar-refractivity contribution in [1.82, 2.24) is 9.80 Å². The number of hydrogen-bond acceptors (Lipinski definition) is 4. The van der Waals surface area contributed by atoms with Gasteiger partial charge in [-0.2, -0.15) is 0 Å². The number of amides is 2. The average molecular weight is 412 g/mol. The molecule has 5 rings (SSSR count). The number of hydrogen-bond donors (Lipinski definition) is 0. The van der Waals surface area contributed by atoms with E-state index in [1.54, 1.807) is 9.80 Å². The summed E-state index contributed by atoms with van der Waals surface area (Å²) in [5, 5.41) is 0. The van der Waals surface area contributed by atoms with Crippen molar-refractivity contribution in [2.45, 2.75) is 63.5 Å². The van der Waals surface area contributed by atoms with Crippen LogP contribution in [0.5, 0.6) is 5.75 Å². The average Bonchev–Trinajstić information content (AvgIpc) is 2.67. The Morgan fingerprint density at radius 1 is 0.867 bits per heavy atom. The van der Waals surface area contributed by atoms with Crippen molar-refractivity contribution in [2.75, 3.05) is 37.6 Å². The van der Waals surface area contributed by atoms with E-state index in [1.807, 2.05) is 24.3 Å². The zero-order valence-corrected chi connectivity index (χ0v) is 17.8. The monoisotopic (exact) mass is 411 g/mol. The highest BCUT2D eigenvalue weighted by Crippen LogP contribution is 2.30. The van der Waals surface area contributed by atoms with Crippen LogP contribution in [0.25, 0.3) is 0 Å². The first kappa shape index (κ1) is 19.9. The van der Waals surface area contributed by atoms with E-state index in [4.69, 9.17) is 4.74 Å². The second kappa shape index (κ2) is 8.58. The first-order chi connectivity index (χ1) is 14.7. The summed E-state index contributed by atoms with van der Waals surface area (Å²) in [6.07, 6.45) is 9.70. The van der Waals surface area contributed by atoms with E-state index >= 15 is 0 Å². The van der Waals surface area contributed by atoms with Gasteiger partial charge in [0.25, 0.3) is 0 Å². The number of nitrogens with zero attached hydrogens (tertiary/aromatic N) is 3. The number of rotatable bonds is 5. The lowest BCUT2D eigenvalue weighted by Crippen LogP contribution is -2.54. The summed E-state index contributed by atoms with van der Waals surface area (Å²) in [6, 6.07) is 8.73. The number of piperidine rings is 1. The molecule has 0 spiro atoms. The van der Waals surface area contributed by atoms with Crippen LogP contribution in [0.2, 0.25) is 0 Å². The van der Waals surface area contributed by atoms with Crippen LogP contribution in [0.3, 0.4) is 0 Å². The summed E-state index contributed by atoms with van der Waals surface area (Å²) in [5.41, 5.74) is 0.892. The number of carbonyl (C=O) groups is 2. The third-order valence-corrected chi connectivity index (χ3v) is 7.51. The van der Waals surface area contributed by atoms with Crippen LogP contribution in [-0.4, -0.2) is 66.5 Å². The van der Waals surface area contributed by atoms with E-state index in [1.165, 1.54) is 19.3 Å². The molecule has 30 heavy (non-hydrogen) atoms. The summed E-state index contributed by atoms with van der Waals surface area (Å²) in [4.78, 5) is 31.2. The van der Waals surface area contributed by atoms with Gasteiger partial charge in [-0.05, 0) is 62.8 Å². The van der Waals surface area contributed by atoms with Gasteiger partial charge in [0.05, 0.1) is 0 Å². The predicted octanol–water partition coefficient (Wildman–Crippen LogP) is 3.06. The first-order valence-electron chi connectivity index (χ1n) is 11.8. The molecule has 2 aliphatic carbocycles. The molecule has 0 aromatic heterocycles. The van der Waals surface area contributed by atoms with Crippen molar-refractivity contribution in [2.24, 2.45) is 5.92 Å². The molecule has 0 atom stereocenters. The predicted molar refractivity (Wildman–Crippen MR) is 116 cm³/mol. The molecule has 1 aromatic rings. The minimum Gasteiger partial charge on any atom is -0.490 e. The van der Waals surface area contributed by atoms with E-state index in [0.29, 0.717) is 13.1 Å². The van der Waals surface area contributed by atoms with Gasteiger partial charge in [0.15, 0.2) is 0 Å². The lowest BCUT2D eigenvalue weighted by atomic mass is 9.84. The van der Waals surface area contributed by atoms with Crippen LogP contribution in [0.1, 0.15) is 51.4 Å². The number of ether oxygens (including phenoxy) is 1. The second-order valence-electron chi connectivity index (χ2n) is 9.36. The van der Waals surface area contributed by atoms with Crippen molar-refractivity contribution in [1.29, 1.82) is 0 Å². The molecule has 2 amide bonds. The molecule has 0 N–H and O–H groups in total. The molecule has 4 aliphatic rings. The summed E-state index contributed by atoms with van der Waals surface area (Å²) in [6.45, 7) is 3.68. The fourth-order valence-electron chi connectivity index (χ4n) is 5.06. The van der Waals surface area contributed by atoms with Crippen LogP contribution in [-0.2, 0) is 9.59 Å². The second-order valence-corrected chi connectivity index (χ2v) is 9.36. The van der Waals surface area contributed by atoms with Gasteiger partial charge in [-0.25, -0.2) is 0 Å². The van der Waals surface area contributed by atoms with Crippen molar-refractivity contribution in [3.8, 4) is 5.75 Å². The molecule has 6 heteroatoms. The number of piperazine rings is 1. The first-order valence-corrected chi connectivity index (χ1v) is 11.8. The van der Waals surface area contributed by atoms with Crippen molar-refractivity contribution in [3.63, 3.8) is 0 Å². The highest BCUT2D eigenvalue weighted by Gasteiger charge is 2.34. The topological polar surface area (TPSA) is 53.1 Å². The number of carbonyl (C=O) groups excluding carboxylic acids is 2. The molecular weight excluding hydrogens is 378 g/mol. The maximum Gasteiger partial charge on any atom is 0.246 e. The zero-order chi connectivity index (χ0) is 20.5. The van der Waals surface area contributed by atoms with E-state index in [-0.39, 0.29) is 30.4 Å². The molecule has 162 valence electrons. The molecule has 0 bridgehead atoms. The minimum absolute atomic E-state index is 0.00552. The third-order valence-electron chi connectivity index (χ3n) is 7.51. The molecule has 0 unspecified atom stereocenters. The van der Waals surface area contributed by atoms with Crippen LogP contribution < -0.4 is 9.64 Å². The lowest BCUT2D eigenvalue weighted by Gasteiger charge is -2.41. The fraction of sp³-hybridized carbons (Fsp3) is 0.667. The Morgan fingerprint density at radius 2 is 1.57 bits per heavy atom. The van der Waals surface area contributed by atoms with Crippen LogP contribution in [0.15, 0.2) is 24.3 Å². The summed E-state index contributed by atoms with van der Waals surface area (Å²) in [7, 11) is 0. The largest absolute Gasteiger partial charge is 0.490 e. The Bertz CT molecular complexity index is 764. The SMILES string of the molecule is O=C(C1CCC1)N1CCN(c2ccc(OC3CCN(C4CCC4)CC3)cc2)C(=O)C1. The molecule has 0 radical (unpaired) electrons. The number of benzene rings is 1. The highest BCUT2D eigenvalue weighted by molar-refractivity contribution is 5.98. The molecule has 6 nitrogen and oxygen atoms in total. The van der Waals surface area contributed by atoms with Gasteiger partial charge < -0.3 is 19.4 Å². The Balaban J connectivity index is 1.12. The van der Waals surface area contributed by atoms with Crippen LogP contribution >= 0.6 is 0 Å². The summed E-state index contributed by atoms with van der Waals surface area (Å²) in [5.74, 6) is 1.21. The smallest absolute Gasteiger partial charge is 0.246 e. The summed E-state index contributed by atoms with van der Waals surface area (Å²) < 4.78 is 6.21. The minimum atomic E-state index is 0.00552. The van der Waals surface area contributed by atoms with Crippen molar-refractivity contribution in [3.05, 3.63) is 24.3 Å². The van der Waals surface area contributed by atoms with Gasteiger partial charge >= 0.3 is 0 Å². The normalized spacial score (nSPS) is 24.5. The molecule has 1 aromatic carbocycles. The van der Waals surface area contributed by atoms with Crippen LogP contribution in [0, 0.1) is 5.92 Å². The van der Waals surface area contributed by atoms with Gasteiger partial charge in [0.2, 0.25) is 11.8 Å². The number of anilines is 1. The zero-order valence-electron chi connectivity index (χ0n) is 17.8. The highest BCUT2D eigenvalue weighted by atomic mass is 16.5. The third kappa shape index (κ3) is 4.07. The fourth-order valence-corrected chi connectivity index (χ4v) is 5.06. The van der Waals surface area contributed by atoms with Gasteiger partial charge in [0, 0.05) is 43.8 Å². The lowest BCUT2D eigenvalue weighted by molar-refractivity contribution is -0.142. The van der Waals surface area contributed by atoms with E-state index < -0.39 is 0 Å². The molecule has 2 saturated carbocycles. The van der Waals surface area contributed by atoms with Gasteiger partial charge in [-0.15, -0.1) is 0 Å². The van der Waals surface area contributed by atoms with Gasteiger partial charge in [-0.1, -0.05) is 12.8 Å². The van der Waals surface area contributed by atoms with Gasteiger partial charge in [-0.3, -0.25) is 9.59 Å². The molecule has 2 aliphatic heterocycles. The van der Waals surface area contributed by atoms with Crippen LogP contribution in [0.4, 0.5) is 5.69 Å². The maximum atomic E-state index is 12.7. The molecular formula is C24H33N3O3. The van der Waals surface area contributed by atoms with Crippen molar-refractivity contribution >= 4 is 17.5 Å². The van der Waals surface area contributed by atoms with Gasteiger partial charge in [0.1, 0.15) is 18.4 Å². The Hall–Kier alpha value is -2.08. The standard InChI is InChI=1S/C24H33N3O3/c28-23-17-26(24(29)18-3-1-4-18)15-16-27(23)20-7-9-21(10-8-20)30-22-11-13-25(14-12-22)19-5-2-6-19/h7-10,18-19,22H,1-6,11-17H2. The Labute approximate surface area is 179 Å². The molecule has 4 fully saturated rings. The quantitative estimate of drug-likeness (QED) is 0.747. The maximum absolute atomic E-state index is 12.7. The van der Waals surface area contributed by atoms with E-state index in [2.05, 4.69) is 4.90 Å². The van der Waals surface area contributed by atoms with Crippen molar-refractivity contribution < 1.29 is 14.3 Å². The van der Waals surface area contributed by atoms with E-state index in [9.17, 15) is 9.59 Å².